The summed E-state index contributed by atoms with van der Waals surface area (Å²) in [5.41, 5.74) is 0. The van der Waals surface area contributed by atoms with Crippen LogP contribution in [0.4, 0.5) is 0 Å². The number of piperidine rings is 1. The molecule has 0 aromatic rings. The van der Waals surface area contributed by atoms with Gasteiger partial charge in [-0.2, -0.15) is 0 Å². The van der Waals surface area contributed by atoms with E-state index in [4.69, 9.17) is 0 Å². The van der Waals surface area contributed by atoms with Crippen molar-refractivity contribution in [1.29, 1.82) is 0 Å². The minimum absolute atomic E-state index is 0.123. The van der Waals surface area contributed by atoms with E-state index in [0.29, 0.717) is 12.5 Å². The highest BCUT2D eigenvalue weighted by molar-refractivity contribution is 8.01. The van der Waals surface area contributed by atoms with E-state index < -0.39 is 0 Å². The maximum absolute atomic E-state index is 13.1. The van der Waals surface area contributed by atoms with Gasteiger partial charge in [0.2, 0.25) is 11.8 Å². The van der Waals surface area contributed by atoms with Gasteiger partial charge in [0.1, 0.15) is 6.04 Å². The molecule has 0 aromatic carbocycles. The van der Waals surface area contributed by atoms with Crippen LogP contribution >= 0.6 is 11.8 Å². The van der Waals surface area contributed by atoms with E-state index in [0.717, 1.165) is 31.1 Å². The van der Waals surface area contributed by atoms with Crippen LogP contribution in [-0.4, -0.2) is 50.9 Å². The summed E-state index contributed by atoms with van der Waals surface area (Å²) in [6.07, 6.45) is 7.65. The third kappa shape index (κ3) is 2.03. The highest BCUT2D eigenvalue weighted by atomic mass is 32.2. The van der Waals surface area contributed by atoms with Crippen molar-refractivity contribution >= 4 is 23.6 Å². The lowest BCUT2D eigenvalue weighted by atomic mass is 9.91. The zero-order valence-corrected chi connectivity index (χ0v) is 13.5. The first-order valence-corrected chi connectivity index (χ1v) is 9.35. The molecule has 116 valence electrons. The fourth-order valence-corrected chi connectivity index (χ4v) is 6.35. The average molecular weight is 308 g/mol. The second-order valence-electron chi connectivity index (χ2n) is 7.20. The first-order chi connectivity index (χ1) is 10.1. The molecule has 1 saturated carbocycles. The fourth-order valence-electron chi connectivity index (χ4n) is 4.92. The smallest absolute Gasteiger partial charge is 0.246 e. The van der Waals surface area contributed by atoms with Gasteiger partial charge in [-0.1, -0.05) is 6.42 Å². The van der Waals surface area contributed by atoms with E-state index in [1.807, 2.05) is 4.90 Å². The normalized spacial score (nSPS) is 42.3. The molecule has 3 saturated heterocycles. The Morgan fingerprint density at radius 1 is 1.29 bits per heavy atom. The molecule has 4 fully saturated rings. The standard InChI is InChI=1S/C16H24N2O2S/c1-16-8-7-14(19)18(16)13(10-21-16)15(20)17-9-3-5-11-4-2-6-12(11)17/h11-13H,2-10H2,1H3/t11-,12-,13+,16+/m1/s1. The summed E-state index contributed by atoms with van der Waals surface area (Å²) in [7, 11) is 0. The molecule has 2 amide bonds. The van der Waals surface area contributed by atoms with Crippen molar-refractivity contribution in [3.8, 4) is 0 Å². The number of hydrogen-bond acceptors (Lipinski definition) is 3. The Morgan fingerprint density at radius 3 is 2.95 bits per heavy atom. The molecule has 5 heteroatoms. The molecule has 4 atom stereocenters. The molecule has 1 aliphatic carbocycles. The van der Waals surface area contributed by atoms with Crippen LogP contribution in [0, 0.1) is 5.92 Å². The lowest BCUT2D eigenvalue weighted by Crippen LogP contribution is -2.55. The Morgan fingerprint density at radius 2 is 2.10 bits per heavy atom. The molecule has 0 N–H and O–H groups in total. The molecule has 0 unspecified atom stereocenters. The van der Waals surface area contributed by atoms with Crippen molar-refractivity contribution in [3.63, 3.8) is 0 Å². The van der Waals surface area contributed by atoms with Crippen LogP contribution in [0.15, 0.2) is 0 Å². The van der Waals surface area contributed by atoms with Gasteiger partial charge >= 0.3 is 0 Å². The van der Waals surface area contributed by atoms with Crippen molar-refractivity contribution in [2.75, 3.05) is 12.3 Å². The van der Waals surface area contributed by atoms with Crippen LogP contribution in [-0.2, 0) is 9.59 Å². The Labute approximate surface area is 130 Å². The number of nitrogens with zero attached hydrogens (tertiary/aromatic N) is 2. The molecule has 0 aromatic heterocycles. The van der Waals surface area contributed by atoms with Crippen LogP contribution in [0.2, 0.25) is 0 Å². The summed E-state index contributed by atoms with van der Waals surface area (Å²) >= 11 is 1.80. The second-order valence-corrected chi connectivity index (χ2v) is 8.70. The van der Waals surface area contributed by atoms with Crippen LogP contribution in [0.3, 0.4) is 0 Å². The van der Waals surface area contributed by atoms with Crippen LogP contribution in [0.25, 0.3) is 0 Å². The Bertz CT molecular complexity index is 483. The van der Waals surface area contributed by atoms with Gasteiger partial charge < -0.3 is 9.80 Å². The highest BCUT2D eigenvalue weighted by Crippen LogP contribution is 2.48. The van der Waals surface area contributed by atoms with Gasteiger partial charge in [-0.15, -0.1) is 11.8 Å². The summed E-state index contributed by atoms with van der Waals surface area (Å²) in [6.45, 7) is 3.03. The molecular formula is C16H24N2O2S. The third-order valence-corrected chi connectivity index (χ3v) is 7.51. The molecule has 4 nitrogen and oxygen atoms in total. The highest BCUT2D eigenvalue weighted by Gasteiger charge is 2.54. The average Bonchev–Trinajstić information content (AvgIpc) is 3.14. The van der Waals surface area contributed by atoms with Gasteiger partial charge in [0, 0.05) is 24.8 Å². The van der Waals surface area contributed by atoms with Crippen LogP contribution in [0.1, 0.15) is 51.9 Å². The molecular weight excluding hydrogens is 284 g/mol. The van der Waals surface area contributed by atoms with Gasteiger partial charge in [0.05, 0.1) is 4.87 Å². The molecule has 3 aliphatic heterocycles. The number of hydrogen-bond donors (Lipinski definition) is 0. The monoisotopic (exact) mass is 308 g/mol. The third-order valence-electron chi connectivity index (χ3n) is 6.01. The zero-order chi connectivity index (χ0) is 14.6. The minimum atomic E-state index is -0.200. The Balaban J connectivity index is 1.56. The molecule has 0 bridgehead atoms. The maximum atomic E-state index is 13.1. The van der Waals surface area contributed by atoms with Crippen molar-refractivity contribution in [2.24, 2.45) is 5.92 Å². The lowest BCUT2D eigenvalue weighted by Gasteiger charge is -2.41. The maximum Gasteiger partial charge on any atom is 0.246 e. The van der Waals surface area contributed by atoms with Gasteiger partial charge in [-0.05, 0) is 44.9 Å². The Hall–Kier alpha value is -0.710. The molecule has 4 aliphatic rings. The van der Waals surface area contributed by atoms with E-state index in [9.17, 15) is 9.59 Å². The zero-order valence-electron chi connectivity index (χ0n) is 12.7. The molecule has 3 heterocycles. The van der Waals surface area contributed by atoms with Crippen LogP contribution < -0.4 is 0 Å². The van der Waals surface area contributed by atoms with Gasteiger partial charge in [-0.3, -0.25) is 9.59 Å². The van der Waals surface area contributed by atoms with Gasteiger partial charge in [-0.25, -0.2) is 0 Å². The van der Waals surface area contributed by atoms with Crippen LogP contribution in [0.5, 0.6) is 0 Å². The van der Waals surface area contributed by atoms with E-state index in [2.05, 4.69) is 11.8 Å². The number of rotatable bonds is 1. The number of carbonyl (C=O) groups excluding carboxylic acids is 2. The van der Waals surface area contributed by atoms with Gasteiger partial charge in [0.15, 0.2) is 0 Å². The summed E-state index contributed by atoms with van der Waals surface area (Å²) in [4.78, 5) is 29.3. The molecule has 0 radical (unpaired) electrons. The van der Waals surface area contributed by atoms with Crippen molar-refractivity contribution < 1.29 is 9.59 Å². The van der Waals surface area contributed by atoms with Crippen molar-refractivity contribution in [1.82, 2.24) is 9.80 Å². The molecule has 0 spiro atoms. The first kappa shape index (κ1) is 13.9. The minimum Gasteiger partial charge on any atom is -0.338 e. The summed E-state index contributed by atoms with van der Waals surface area (Å²) < 4.78 is 0. The molecule has 21 heavy (non-hydrogen) atoms. The van der Waals surface area contributed by atoms with E-state index in [1.54, 1.807) is 11.8 Å². The topological polar surface area (TPSA) is 40.6 Å². The van der Waals surface area contributed by atoms with Crippen molar-refractivity contribution in [2.45, 2.75) is 68.8 Å². The number of thioether (sulfide) groups is 1. The van der Waals surface area contributed by atoms with E-state index in [1.165, 1.54) is 25.7 Å². The van der Waals surface area contributed by atoms with E-state index in [-0.39, 0.29) is 22.7 Å². The largest absolute Gasteiger partial charge is 0.338 e. The van der Waals surface area contributed by atoms with E-state index >= 15 is 0 Å². The first-order valence-electron chi connectivity index (χ1n) is 8.37. The summed E-state index contributed by atoms with van der Waals surface area (Å²) in [6, 6.07) is 0.259. The summed E-state index contributed by atoms with van der Waals surface area (Å²) in [5, 5.41) is 0. The second kappa shape index (κ2) is 4.90. The quantitative estimate of drug-likeness (QED) is 0.746. The number of likely N-dealkylation sites (tertiary alicyclic amines) is 1. The fraction of sp³-hybridized carbons (Fsp3) is 0.875. The Kier molecular flexibility index (Phi) is 3.25. The van der Waals surface area contributed by atoms with Gasteiger partial charge in [0.25, 0.3) is 0 Å². The number of fused-ring (bicyclic) bond motifs is 2. The lowest BCUT2D eigenvalue weighted by molar-refractivity contribution is -0.147. The summed E-state index contributed by atoms with van der Waals surface area (Å²) in [5.74, 6) is 1.92. The predicted octanol–water partition coefficient (Wildman–Crippen LogP) is 2.23. The number of carbonyl (C=O) groups is 2. The number of amides is 2. The molecule has 4 rings (SSSR count). The predicted molar refractivity (Wildman–Crippen MR) is 82.8 cm³/mol. The SMILES string of the molecule is C[C@]12CCC(=O)N1[C@H](C(=O)N1CCC[C@H]3CCC[C@H]31)CS2. The van der Waals surface area contributed by atoms with Crippen molar-refractivity contribution in [3.05, 3.63) is 0 Å².